The number of likely N-dealkylation sites (N-methyl/N-ethyl adjacent to an activating group) is 1. The number of hydrogen-bond donors (Lipinski definition) is 3. The second-order valence-electron chi connectivity index (χ2n) is 7.05. The third kappa shape index (κ3) is 4.02. The molecule has 3 rings (SSSR count). The summed E-state index contributed by atoms with van der Waals surface area (Å²) < 4.78 is 0. The van der Waals surface area contributed by atoms with Crippen molar-refractivity contribution in [1.82, 2.24) is 0 Å². The Bertz CT molecular complexity index is 463. The van der Waals surface area contributed by atoms with Crippen LogP contribution in [0.5, 0.6) is 0 Å². The van der Waals surface area contributed by atoms with Crippen molar-refractivity contribution in [2.75, 3.05) is 45.8 Å². The lowest BCUT2D eigenvalue weighted by Crippen LogP contribution is -3.30. The molecule has 22 heavy (non-hydrogen) atoms. The number of benzene rings is 1. The summed E-state index contributed by atoms with van der Waals surface area (Å²) in [5.41, 5.74) is 1.31. The zero-order valence-electron chi connectivity index (χ0n) is 13.8. The van der Waals surface area contributed by atoms with Crippen molar-refractivity contribution in [3.63, 3.8) is 0 Å². The van der Waals surface area contributed by atoms with Gasteiger partial charge in [0.2, 0.25) is 0 Å². The summed E-state index contributed by atoms with van der Waals surface area (Å²) >= 11 is 6.30. The molecule has 0 bridgehead atoms. The van der Waals surface area contributed by atoms with Gasteiger partial charge in [-0.1, -0.05) is 29.8 Å². The fourth-order valence-corrected chi connectivity index (χ4v) is 4.41. The molecule has 4 heteroatoms. The molecule has 0 saturated carbocycles. The number of likely N-dealkylation sites (tertiary alicyclic amines) is 1. The van der Waals surface area contributed by atoms with Crippen molar-refractivity contribution in [2.45, 2.75) is 32.4 Å². The number of rotatable bonds is 4. The highest BCUT2D eigenvalue weighted by Gasteiger charge is 2.33. The second-order valence-corrected chi connectivity index (χ2v) is 7.46. The highest BCUT2D eigenvalue weighted by Crippen LogP contribution is 2.13. The molecule has 2 heterocycles. The molecule has 2 fully saturated rings. The first-order chi connectivity index (χ1) is 10.8. The topological polar surface area (TPSA) is 13.3 Å². The summed E-state index contributed by atoms with van der Waals surface area (Å²) in [5.74, 6) is 0. The molecule has 1 aromatic carbocycles. The van der Waals surface area contributed by atoms with Crippen molar-refractivity contribution < 1.29 is 14.7 Å². The Labute approximate surface area is 139 Å². The Morgan fingerprint density at radius 3 is 2.27 bits per heavy atom. The average molecular weight is 325 g/mol. The number of piperidine rings is 1. The molecule has 0 amide bonds. The maximum absolute atomic E-state index is 6.30. The van der Waals surface area contributed by atoms with Crippen molar-refractivity contribution >= 4 is 11.6 Å². The van der Waals surface area contributed by atoms with Gasteiger partial charge < -0.3 is 14.7 Å². The highest BCUT2D eigenvalue weighted by atomic mass is 35.5. The molecule has 122 valence electrons. The minimum absolute atomic E-state index is 0.911. The van der Waals surface area contributed by atoms with Gasteiger partial charge in [0.1, 0.15) is 32.7 Å². The van der Waals surface area contributed by atoms with E-state index in [0.717, 1.165) is 17.6 Å². The fraction of sp³-hybridized carbons (Fsp3) is 0.667. The summed E-state index contributed by atoms with van der Waals surface area (Å²) in [5, 5.41) is 0.932. The highest BCUT2D eigenvalue weighted by molar-refractivity contribution is 6.31. The van der Waals surface area contributed by atoms with Gasteiger partial charge in [-0.15, -0.1) is 0 Å². The second kappa shape index (κ2) is 7.78. The van der Waals surface area contributed by atoms with Gasteiger partial charge in [-0.05, 0) is 13.0 Å². The van der Waals surface area contributed by atoms with Gasteiger partial charge >= 0.3 is 0 Å². The Balaban J connectivity index is 1.46. The smallest absolute Gasteiger partial charge is 0.127 e. The first kappa shape index (κ1) is 16.3. The third-order valence-electron chi connectivity index (χ3n) is 5.77. The number of quaternary nitrogens is 3. The molecule has 2 aliphatic heterocycles. The van der Waals surface area contributed by atoms with E-state index in [1.54, 1.807) is 9.80 Å². The van der Waals surface area contributed by atoms with Crippen LogP contribution >= 0.6 is 11.6 Å². The summed E-state index contributed by atoms with van der Waals surface area (Å²) in [4.78, 5) is 5.39. The van der Waals surface area contributed by atoms with Gasteiger partial charge in [0, 0.05) is 23.4 Å². The first-order valence-electron chi connectivity index (χ1n) is 9.01. The third-order valence-corrected chi connectivity index (χ3v) is 6.14. The van der Waals surface area contributed by atoms with Crippen LogP contribution in [0.2, 0.25) is 5.02 Å². The minimum atomic E-state index is 0.911. The zero-order valence-corrected chi connectivity index (χ0v) is 14.6. The quantitative estimate of drug-likeness (QED) is 0.609. The maximum atomic E-state index is 6.30. The van der Waals surface area contributed by atoms with Gasteiger partial charge in [0.25, 0.3) is 0 Å². The first-order valence-corrected chi connectivity index (χ1v) is 9.39. The van der Waals surface area contributed by atoms with E-state index in [0.29, 0.717) is 0 Å². The Hall–Kier alpha value is -0.610. The van der Waals surface area contributed by atoms with Crippen molar-refractivity contribution in [3.8, 4) is 0 Å². The van der Waals surface area contributed by atoms with Gasteiger partial charge in [-0.3, -0.25) is 0 Å². The van der Waals surface area contributed by atoms with E-state index in [1.165, 1.54) is 64.2 Å². The van der Waals surface area contributed by atoms with Crippen LogP contribution in [0.1, 0.15) is 25.3 Å². The number of hydrogen-bond acceptors (Lipinski definition) is 0. The number of piperazine rings is 1. The summed E-state index contributed by atoms with van der Waals surface area (Å²) in [7, 11) is 0. The minimum Gasteiger partial charge on any atom is -0.331 e. The molecule has 3 nitrogen and oxygen atoms in total. The predicted molar refractivity (Wildman–Crippen MR) is 90.8 cm³/mol. The predicted octanol–water partition coefficient (Wildman–Crippen LogP) is -1.31. The van der Waals surface area contributed by atoms with Crippen LogP contribution in [-0.4, -0.2) is 51.9 Å². The van der Waals surface area contributed by atoms with Crippen LogP contribution in [0, 0.1) is 0 Å². The van der Waals surface area contributed by atoms with Crippen LogP contribution in [0.4, 0.5) is 0 Å². The van der Waals surface area contributed by atoms with Crippen LogP contribution < -0.4 is 14.7 Å². The van der Waals surface area contributed by atoms with E-state index in [1.807, 2.05) is 17.0 Å². The normalized spacial score (nSPS) is 32.8. The summed E-state index contributed by atoms with van der Waals surface area (Å²) in [6.45, 7) is 12.8. The van der Waals surface area contributed by atoms with E-state index in [9.17, 15) is 0 Å². The largest absolute Gasteiger partial charge is 0.331 e. The molecule has 1 aromatic rings. The van der Waals surface area contributed by atoms with Crippen LogP contribution in [0.25, 0.3) is 0 Å². The lowest BCUT2D eigenvalue weighted by atomic mass is 10.0. The SMILES string of the molecule is CC[NH+]1CC[NH+](C2CC[NH+](Cc3ccccc3Cl)CC2)CC1. The van der Waals surface area contributed by atoms with Crippen LogP contribution in [0.3, 0.4) is 0 Å². The van der Waals surface area contributed by atoms with E-state index in [2.05, 4.69) is 19.1 Å². The molecular formula is C18H31ClN3+3. The molecule has 0 aromatic heterocycles. The maximum Gasteiger partial charge on any atom is 0.127 e. The molecule has 3 N–H and O–H groups in total. The van der Waals surface area contributed by atoms with Gasteiger partial charge in [-0.2, -0.15) is 0 Å². The molecule has 0 radical (unpaired) electrons. The van der Waals surface area contributed by atoms with Gasteiger partial charge in [-0.25, -0.2) is 0 Å². The van der Waals surface area contributed by atoms with Crippen molar-refractivity contribution in [3.05, 3.63) is 34.9 Å². The van der Waals surface area contributed by atoms with Crippen LogP contribution in [-0.2, 0) is 6.54 Å². The van der Waals surface area contributed by atoms with Crippen molar-refractivity contribution in [2.24, 2.45) is 0 Å². The Kier molecular flexibility index (Phi) is 5.75. The number of nitrogens with one attached hydrogen (secondary N) is 3. The lowest BCUT2D eigenvalue weighted by molar-refractivity contribution is -1.03. The summed E-state index contributed by atoms with van der Waals surface area (Å²) in [6.07, 6.45) is 2.77. The molecule has 0 aliphatic carbocycles. The monoisotopic (exact) mass is 324 g/mol. The molecular weight excluding hydrogens is 294 g/mol. The molecule has 0 unspecified atom stereocenters. The number of halogens is 1. The molecule has 0 atom stereocenters. The lowest BCUT2D eigenvalue weighted by Gasteiger charge is -2.37. The molecule has 0 spiro atoms. The Morgan fingerprint density at radius 2 is 1.64 bits per heavy atom. The van der Waals surface area contributed by atoms with E-state index >= 15 is 0 Å². The molecule has 2 aliphatic rings. The van der Waals surface area contributed by atoms with Gasteiger partial charge in [0.15, 0.2) is 0 Å². The van der Waals surface area contributed by atoms with Crippen molar-refractivity contribution in [1.29, 1.82) is 0 Å². The fourth-order valence-electron chi connectivity index (χ4n) is 4.21. The van der Waals surface area contributed by atoms with Gasteiger partial charge in [0.05, 0.1) is 25.7 Å². The molecule has 2 saturated heterocycles. The standard InChI is InChI=1S/C18H28ClN3/c1-2-20-11-13-22(14-12-20)17-7-9-21(10-8-17)15-16-5-3-4-6-18(16)19/h3-6,17H,2,7-15H2,1H3/p+3. The zero-order chi connectivity index (χ0) is 15.4. The Morgan fingerprint density at radius 1 is 0.955 bits per heavy atom. The van der Waals surface area contributed by atoms with Crippen LogP contribution in [0.15, 0.2) is 24.3 Å². The average Bonchev–Trinajstić information content (AvgIpc) is 2.58. The summed E-state index contributed by atoms with van der Waals surface area (Å²) in [6, 6.07) is 9.23. The van der Waals surface area contributed by atoms with E-state index < -0.39 is 0 Å². The van der Waals surface area contributed by atoms with E-state index in [4.69, 9.17) is 11.6 Å². The van der Waals surface area contributed by atoms with E-state index in [-0.39, 0.29) is 0 Å².